The van der Waals surface area contributed by atoms with Gasteiger partial charge in [-0.05, 0) is 98.9 Å². The third kappa shape index (κ3) is 4.54. The summed E-state index contributed by atoms with van der Waals surface area (Å²) in [5.74, 6) is 0. The minimum atomic E-state index is 1.12. The second-order valence-electron chi connectivity index (χ2n) is 11.8. The number of thiophene rings is 1. The predicted molar refractivity (Wildman–Crippen MR) is 200 cm³/mol. The SMILES string of the molecule is c1ccc(-c2cc3ccccc3cc2-c2cc3ccccc3cc2N(c2ccccc2)c2ccc3sc4ccccc4c3c2)cc1. The number of hydrogen-bond acceptors (Lipinski definition) is 2. The van der Waals surface area contributed by atoms with Crippen molar-refractivity contribution in [1.29, 1.82) is 0 Å². The molecule has 9 aromatic rings. The highest BCUT2D eigenvalue weighted by molar-refractivity contribution is 7.25. The smallest absolute Gasteiger partial charge is 0.0546 e. The molecule has 0 radical (unpaired) electrons. The zero-order valence-electron chi connectivity index (χ0n) is 25.1. The summed E-state index contributed by atoms with van der Waals surface area (Å²) < 4.78 is 2.62. The number of hydrogen-bond donors (Lipinski definition) is 0. The van der Waals surface area contributed by atoms with Crippen LogP contribution >= 0.6 is 11.3 Å². The Kier molecular flexibility index (Phi) is 6.40. The Morgan fingerprint density at radius 1 is 0.348 bits per heavy atom. The minimum absolute atomic E-state index is 1.12. The van der Waals surface area contributed by atoms with Gasteiger partial charge in [-0.1, -0.05) is 115 Å². The molecular formula is C44H29NS. The highest BCUT2D eigenvalue weighted by Gasteiger charge is 2.21. The molecule has 0 amide bonds. The van der Waals surface area contributed by atoms with Crippen LogP contribution in [0.5, 0.6) is 0 Å². The van der Waals surface area contributed by atoms with Crippen LogP contribution in [0.15, 0.2) is 176 Å². The van der Waals surface area contributed by atoms with Crippen LogP contribution in [0, 0.1) is 0 Å². The van der Waals surface area contributed by atoms with Crippen LogP contribution in [0.4, 0.5) is 17.1 Å². The molecule has 1 nitrogen and oxygen atoms in total. The molecule has 0 fully saturated rings. The van der Waals surface area contributed by atoms with E-state index in [0.29, 0.717) is 0 Å². The Morgan fingerprint density at radius 3 is 1.61 bits per heavy atom. The maximum absolute atomic E-state index is 2.44. The van der Waals surface area contributed by atoms with Crippen molar-refractivity contribution in [1.82, 2.24) is 0 Å². The lowest BCUT2D eigenvalue weighted by atomic mass is 9.89. The number of anilines is 3. The molecule has 0 saturated carbocycles. The predicted octanol–water partition coefficient (Wildman–Crippen LogP) is 13.2. The van der Waals surface area contributed by atoms with Crippen molar-refractivity contribution in [3.8, 4) is 22.3 Å². The van der Waals surface area contributed by atoms with Gasteiger partial charge in [0.05, 0.1) is 5.69 Å². The Bertz CT molecular complexity index is 2530. The zero-order chi connectivity index (χ0) is 30.5. The third-order valence-electron chi connectivity index (χ3n) is 9.00. The Labute approximate surface area is 272 Å². The van der Waals surface area contributed by atoms with Crippen LogP contribution < -0.4 is 4.90 Å². The summed E-state index contributed by atoms with van der Waals surface area (Å²) in [6.45, 7) is 0. The molecule has 0 bridgehead atoms. The van der Waals surface area contributed by atoms with Crippen LogP contribution in [0.1, 0.15) is 0 Å². The molecule has 0 aliphatic carbocycles. The van der Waals surface area contributed by atoms with Crippen LogP contribution in [-0.4, -0.2) is 0 Å². The molecule has 0 aliphatic rings. The van der Waals surface area contributed by atoms with Gasteiger partial charge in [0.15, 0.2) is 0 Å². The first kappa shape index (κ1) is 26.7. The number of benzene rings is 8. The van der Waals surface area contributed by atoms with Crippen molar-refractivity contribution in [3.05, 3.63) is 176 Å². The lowest BCUT2D eigenvalue weighted by molar-refractivity contribution is 1.30. The molecule has 0 spiro atoms. The van der Waals surface area contributed by atoms with Gasteiger partial charge in [-0.25, -0.2) is 0 Å². The van der Waals surface area contributed by atoms with E-state index in [1.165, 1.54) is 64.0 Å². The van der Waals surface area contributed by atoms with Crippen LogP contribution in [0.25, 0.3) is 64.0 Å². The van der Waals surface area contributed by atoms with Gasteiger partial charge in [0, 0.05) is 37.1 Å². The Morgan fingerprint density at radius 2 is 0.891 bits per heavy atom. The quantitative estimate of drug-likeness (QED) is 0.189. The van der Waals surface area contributed by atoms with Crippen molar-refractivity contribution in [2.24, 2.45) is 0 Å². The summed E-state index contributed by atoms with van der Waals surface area (Å²) in [6, 6.07) is 64.2. The molecule has 0 aliphatic heterocycles. The van der Waals surface area contributed by atoms with Gasteiger partial charge in [0.25, 0.3) is 0 Å². The van der Waals surface area contributed by atoms with Crippen molar-refractivity contribution >= 4 is 70.1 Å². The van der Waals surface area contributed by atoms with Crippen molar-refractivity contribution < 1.29 is 0 Å². The van der Waals surface area contributed by atoms with Crippen molar-refractivity contribution in [2.45, 2.75) is 0 Å². The van der Waals surface area contributed by atoms with E-state index in [0.717, 1.165) is 17.1 Å². The number of rotatable bonds is 5. The van der Waals surface area contributed by atoms with Gasteiger partial charge in [-0.3, -0.25) is 0 Å². The number of nitrogens with zero attached hydrogens (tertiary/aromatic N) is 1. The topological polar surface area (TPSA) is 3.24 Å². The minimum Gasteiger partial charge on any atom is -0.310 e. The normalized spacial score (nSPS) is 11.5. The van der Waals surface area contributed by atoms with E-state index in [2.05, 4.69) is 181 Å². The molecule has 8 aromatic carbocycles. The van der Waals surface area contributed by atoms with Gasteiger partial charge in [-0.2, -0.15) is 0 Å². The molecule has 0 unspecified atom stereocenters. The van der Waals surface area contributed by atoms with Crippen LogP contribution in [0.3, 0.4) is 0 Å². The van der Waals surface area contributed by atoms with E-state index in [9.17, 15) is 0 Å². The summed E-state index contributed by atoms with van der Waals surface area (Å²) >= 11 is 1.86. The van der Waals surface area contributed by atoms with Crippen LogP contribution in [-0.2, 0) is 0 Å². The van der Waals surface area contributed by atoms with E-state index < -0.39 is 0 Å². The van der Waals surface area contributed by atoms with E-state index in [1.54, 1.807) is 0 Å². The summed E-state index contributed by atoms with van der Waals surface area (Å²) in [5, 5.41) is 7.50. The van der Waals surface area contributed by atoms with Gasteiger partial charge < -0.3 is 4.90 Å². The lowest BCUT2D eigenvalue weighted by Gasteiger charge is -2.29. The maximum atomic E-state index is 2.44. The summed E-state index contributed by atoms with van der Waals surface area (Å²) in [7, 11) is 0. The van der Waals surface area contributed by atoms with E-state index >= 15 is 0 Å². The first-order valence-corrected chi connectivity index (χ1v) is 16.5. The summed E-state index contributed by atoms with van der Waals surface area (Å²) in [4.78, 5) is 2.44. The Hall–Kier alpha value is -5.70. The molecule has 2 heteroatoms. The van der Waals surface area contributed by atoms with E-state index in [-0.39, 0.29) is 0 Å². The molecular weight excluding hydrogens is 575 g/mol. The first-order chi connectivity index (χ1) is 22.8. The number of para-hydroxylation sites is 1. The third-order valence-corrected chi connectivity index (χ3v) is 10.2. The number of fused-ring (bicyclic) bond motifs is 5. The fourth-order valence-corrected chi connectivity index (χ4v) is 7.89. The highest BCUT2D eigenvalue weighted by atomic mass is 32.1. The van der Waals surface area contributed by atoms with E-state index in [4.69, 9.17) is 0 Å². The van der Waals surface area contributed by atoms with Gasteiger partial charge in [0.2, 0.25) is 0 Å². The van der Waals surface area contributed by atoms with Gasteiger partial charge in [0.1, 0.15) is 0 Å². The second kappa shape index (κ2) is 11.0. The fraction of sp³-hybridized carbons (Fsp3) is 0. The molecule has 0 saturated heterocycles. The zero-order valence-corrected chi connectivity index (χ0v) is 25.9. The summed E-state index contributed by atoms with van der Waals surface area (Å²) in [5.41, 5.74) is 8.26. The summed E-state index contributed by atoms with van der Waals surface area (Å²) in [6.07, 6.45) is 0. The highest BCUT2D eigenvalue weighted by Crippen LogP contribution is 2.47. The molecule has 216 valence electrons. The standard InChI is InChI=1S/C44H29NS/c1-3-13-30(14-4-1)38-25-31-15-7-8-16-32(31)26-39(38)40-27-33-17-9-10-18-34(33)28-42(40)45(35-19-5-2-6-20-35)36-23-24-44-41(29-36)37-21-11-12-22-43(37)46-44/h1-29H. The van der Waals surface area contributed by atoms with Crippen molar-refractivity contribution in [2.75, 3.05) is 4.90 Å². The molecule has 46 heavy (non-hydrogen) atoms. The average molecular weight is 604 g/mol. The van der Waals surface area contributed by atoms with E-state index in [1.807, 2.05) is 11.3 Å². The molecule has 1 aromatic heterocycles. The largest absolute Gasteiger partial charge is 0.310 e. The lowest BCUT2D eigenvalue weighted by Crippen LogP contribution is -2.11. The monoisotopic (exact) mass is 603 g/mol. The fourth-order valence-electron chi connectivity index (χ4n) is 6.81. The maximum Gasteiger partial charge on any atom is 0.0546 e. The molecule has 0 atom stereocenters. The average Bonchev–Trinajstić information content (AvgIpc) is 3.50. The second-order valence-corrected chi connectivity index (χ2v) is 12.9. The molecule has 1 heterocycles. The molecule has 0 N–H and O–H groups in total. The van der Waals surface area contributed by atoms with Gasteiger partial charge in [-0.15, -0.1) is 11.3 Å². The first-order valence-electron chi connectivity index (χ1n) is 15.7. The molecule has 9 rings (SSSR count). The van der Waals surface area contributed by atoms with Crippen LogP contribution in [0.2, 0.25) is 0 Å². The van der Waals surface area contributed by atoms with Gasteiger partial charge >= 0.3 is 0 Å². The Balaban J connectivity index is 1.38. The van der Waals surface area contributed by atoms with Crippen molar-refractivity contribution in [3.63, 3.8) is 0 Å².